The van der Waals surface area contributed by atoms with Gasteiger partial charge in [-0.2, -0.15) is 0 Å². The van der Waals surface area contributed by atoms with Crippen LogP contribution in [-0.4, -0.2) is 30.4 Å². The molecule has 2 atom stereocenters. The number of hydrogen-bond acceptors (Lipinski definition) is 2. The molecule has 28 heavy (non-hydrogen) atoms. The zero-order valence-electron chi connectivity index (χ0n) is 16.9. The van der Waals surface area contributed by atoms with Crippen LogP contribution < -0.4 is 5.32 Å². The first-order valence-corrected chi connectivity index (χ1v) is 10.8. The van der Waals surface area contributed by atoms with E-state index in [2.05, 4.69) is 71.7 Å². The van der Waals surface area contributed by atoms with Crippen LogP contribution in [-0.2, 0) is 17.8 Å². The molecular weight excluding hydrogens is 344 g/mol. The molecule has 1 heterocycles. The second-order valence-electron chi connectivity index (χ2n) is 8.59. The van der Waals surface area contributed by atoms with Crippen molar-refractivity contribution in [2.75, 3.05) is 19.6 Å². The monoisotopic (exact) mass is 376 g/mol. The number of amides is 1. The smallest absolute Gasteiger partial charge is 0.224 e. The number of rotatable bonds is 7. The van der Waals surface area contributed by atoms with Gasteiger partial charge in [0.05, 0.1) is 5.92 Å². The predicted octanol–water partition coefficient (Wildman–Crippen LogP) is 4.38. The van der Waals surface area contributed by atoms with Crippen molar-refractivity contribution in [3.63, 3.8) is 0 Å². The summed E-state index contributed by atoms with van der Waals surface area (Å²) < 4.78 is 0. The Bertz CT molecular complexity index is 767. The van der Waals surface area contributed by atoms with Gasteiger partial charge in [0, 0.05) is 26.2 Å². The minimum atomic E-state index is 0.0760. The van der Waals surface area contributed by atoms with Gasteiger partial charge in [0.25, 0.3) is 0 Å². The summed E-state index contributed by atoms with van der Waals surface area (Å²) in [6.45, 7) is 5.85. The van der Waals surface area contributed by atoms with Crippen molar-refractivity contribution < 1.29 is 4.79 Å². The lowest BCUT2D eigenvalue weighted by atomic mass is 9.83. The van der Waals surface area contributed by atoms with Crippen LogP contribution in [0.15, 0.2) is 54.6 Å². The molecule has 1 amide bonds. The molecule has 4 rings (SSSR count). The lowest BCUT2D eigenvalue weighted by Crippen LogP contribution is -2.45. The van der Waals surface area contributed by atoms with Crippen LogP contribution in [0.5, 0.6) is 0 Å². The van der Waals surface area contributed by atoms with E-state index in [1.54, 1.807) is 0 Å². The molecule has 0 spiro atoms. The highest BCUT2D eigenvalue weighted by molar-refractivity contribution is 5.79. The minimum Gasteiger partial charge on any atom is -0.356 e. The number of hydrogen-bond donors (Lipinski definition) is 1. The Hall–Kier alpha value is -2.13. The minimum absolute atomic E-state index is 0.0760. The zero-order valence-corrected chi connectivity index (χ0v) is 16.9. The van der Waals surface area contributed by atoms with Crippen LogP contribution in [0, 0.1) is 11.8 Å². The summed E-state index contributed by atoms with van der Waals surface area (Å²) >= 11 is 0. The van der Waals surface area contributed by atoms with Gasteiger partial charge in [-0.3, -0.25) is 9.69 Å². The maximum absolute atomic E-state index is 12.9. The summed E-state index contributed by atoms with van der Waals surface area (Å²) in [5.41, 5.74) is 4.07. The van der Waals surface area contributed by atoms with Crippen LogP contribution in [0.1, 0.15) is 48.8 Å². The summed E-state index contributed by atoms with van der Waals surface area (Å²) in [6.07, 6.45) is 4.57. The second kappa shape index (κ2) is 8.91. The van der Waals surface area contributed by atoms with E-state index in [1.165, 1.54) is 29.5 Å². The van der Waals surface area contributed by atoms with Crippen LogP contribution in [0.2, 0.25) is 0 Å². The zero-order chi connectivity index (χ0) is 19.3. The molecule has 2 unspecified atom stereocenters. The molecule has 1 aliphatic carbocycles. The largest absolute Gasteiger partial charge is 0.356 e. The Kier molecular flexibility index (Phi) is 6.11. The summed E-state index contributed by atoms with van der Waals surface area (Å²) in [6, 6.07) is 19.7. The molecule has 2 aliphatic rings. The van der Waals surface area contributed by atoms with Crippen LogP contribution in [0.3, 0.4) is 0 Å². The molecule has 1 saturated carbocycles. The molecule has 148 valence electrons. The van der Waals surface area contributed by atoms with Crippen LogP contribution in [0.25, 0.3) is 0 Å². The van der Waals surface area contributed by atoms with Crippen molar-refractivity contribution in [2.45, 2.75) is 45.1 Å². The highest BCUT2D eigenvalue weighted by Gasteiger charge is 2.33. The number of benzene rings is 2. The summed E-state index contributed by atoms with van der Waals surface area (Å²) in [4.78, 5) is 15.3. The molecule has 3 nitrogen and oxygen atoms in total. The van der Waals surface area contributed by atoms with Crippen LogP contribution >= 0.6 is 0 Å². The number of piperidine rings is 1. The Labute approximate surface area is 169 Å². The van der Waals surface area contributed by atoms with Crippen molar-refractivity contribution in [2.24, 2.45) is 11.8 Å². The van der Waals surface area contributed by atoms with Crippen molar-refractivity contribution in [3.05, 3.63) is 71.3 Å². The molecule has 2 fully saturated rings. The molecule has 0 radical (unpaired) electrons. The number of carbonyl (C=O) groups excluding carboxylic acids is 1. The Morgan fingerprint density at radius 2 is 1.75 bits per heavy atom. The molecule has 0 aromatic heterocycles. The van der Waals surface area contributed by atoms with E-state index in [1.807, 2.05) is 0 Å². The topological polar surface area (TPSA) is 32.3 Å². The van der Waals surface area contributed by atoms with Gasteiger partial charge in [0.1, 0.15) is 0 Å². The van der Waals surface area contributed by atoms with Gasteiger partial charge in [-0.1, -0.05) is 61.5 Å². The van der Waals surface area contributed by atoms with E-state index < -0.39 is 0 Å². The maximum Gasteiger partial charge on any atom is 0.224 e. The fourth-order valence-corrected chi connectivity index (χ4v) is 4.33. The first-order chi connectivity index (χ1) is 13.7. The predicted molar refractivity (Wildman–Crippen MR) is 114 cm³/mol. The normalized spacial score (nSPS) is 22.8. The van der Waals surface area contributed by atoms with Crippen molar-refractivity contribution in [1.82, 2.24) is 10.2 Å². The molecule has 1 N–H and O–H groups in total. The molecule has 1 aliphatic heterocycles. The quantitative estimate of drug-likeness (QED) is 0.778. The SMILES string of the molecule is CCc1ccc(C2CC(C(=O)NCC3CC3)CN(Cc3ccccc3)C2)cc1. The van der Waals surface area contributed by atoms with Crippen molar-refractivity contribution in [3.8, 4) is 0 Å². The number of likely N-dealkylation sites (tertiary alicyclic amines) is 1. The van der Waals surface area contributed by atoms with Crippen molar-refractivity contribution in [1.29, 1.82) is 0 Å². The van der Waals surface area contributed by atoms with E-state index >= 15 is 0 Å². The third-order valence-electron chi connectivity index (χ3n) is 6.27. The van der Waals surface area contributed by atoms with Crippen LogP contribution in [0.4, 0.5) is 0 Å². The number of nitrogens with one attached hydrogen (secondary N) is 1. The third-order valence-corrected chi connectivity index (χ3v) is 6.27. The number of carbonyl (C=O) groups is 1. The average Bonchev–Trinajstić information content (AvgIpc) is 3.57. The maximum atomic E-state index is 12.9. The fourth-order valence-electron chi connectivity index (χ4n) is 4.33. The standard InChI is InChI=1S/C25H32N2O/c1-2-19-10-12-22(13-11-19)23-14-24(25(28)26-15-20-8-9-20)18-27(17-23)16-21-6-4-3-5-7-21/h3-7,10-13,20,23-24H,2,8-9,14-18H2,1H3,(H,26,28). The van der Waals surface area contributed by atoms with Gasteiger partial charge in [-0.05, 0) is 54.2 Å². The lowest BCUT2D eigenvalue weighted by Gasteiger charge is -2.37. The molecule has 2 aromatic carbocycles. The van der Waals surface area contributed by atoms with Gasteiger partial charge in [-0.15, -0.1) is 0 Å². The lowest BCUT2D eigenvalue weighted by molar-refractivity contribution is -0.127. The highest BCUT2D eigenvalue weighted by atomic mass is 16.1. The van der Waals surface area contributed by atoms with Gasteiger partial charge >= 0.3 is 0 Å². The van der Waals surface area contributed by atoms with Gasteiger partial charge < -0.3 is 5.32 Å². The molecule has 0 bridgehead atoms. The molecule has 2 aromatic rings. The van der Waals surface area contributed by atoms with Gasteiger partial charge in [-0.25, -0.2) is 0 Å². The summed E-state index contributed by atoms with van der Waals surface area (Å²) in [7, 11) is 0. The Balaban J connectivity index is 1.48. The molecule has 1 saturated heterocycles. The summed E-state index contributed by atoms with van der Waals surface area (Å²) in [5, 5.41) is 3.22. The first-order valence-electron chi connectivity index (χ1n) is 10.8. The average molecular weight is 377 g/mol. The van der Waals surface area contributed by atoms with E-state index in [0.717, 1.165) is 44.9 Å². The summed E-state index contributed by atoms with van der Waals surface area (Å²) in [5.74, 6) is 1.47. The van der Waals surface area contributed by atoms with Gasteiger partial charge in [0.15, 0.2) is 0 Å². The Morgan fingerprint density at radius 1 is 1.00 bits per heavy atom. The van der Waals surface area contributed by atoms with E-state index in [-0.39, 0.29) is 11.8 Å². The fraction of sp³-hybridized carbons (Fsp3) is 0.480. The van der Waals surface area contributed by atoms with Gasteiger partial charge in [0.2, 0.25) is 5.91 Å². The highest BCUT2D eigenvalue weighted by Crippen LogP contribution is 2.32. The van der Waals surface area contributed by atoms with E-state index in [4.69, 9.17) is 0 Å². The molecular formula is C25H32N2O. The first kappa shape index (κ1) is 19.2. The van der Waals surface area contributed by atoms with E-state index in [9.17, 15) is 4.79 Å². The number of nitrogens with zero attached hydrogens (tertiary/aromatic N) is 1. The van der Waals surface area contributed by atoms with Crippen molar-refractivity contribution >= 4 is 5.91 Å². The Morgan fingerprint density at radius 3 is 2.43 bits per heavy atom. The van der Waals surface area contributed by atoms with E-state index in [0.29, 0.717) is 5.92 Å². The molecule has 3 heteroatoms. The third kappa shape index (κ3) is 5.02. The second-order valence-corrected chi connectivity index (χ2v) is 8.59. The number of aryl methyl sites for hydroxylation is 1.